The molecule has 2 aromatic heterocycles. The SMILES string of the molecule is OC1c2c(C(F)(F)F)cn(-c3cnc(Cl)cn3)c2CC1(F)F. The molecule has 0 fully saturated rings. The number of fused-ring (bicyclic) bond motifs is 1. The number of hydrogen-bond acceptors (Lipinski definition) is 3. The first-order valence-electron chi connectivity index (χ1n) is 5.96. The molecule has 2 aromatic rings. The van der Waals surface area contributed by atoms with E-state index < -0.39 is 35.8 Å². The van der Waals surface area contributed by atoms with E-state index in [4.69, 9.17) is 11.6 Å². The van der Waals surface area contributed by atoms with Crippen LogP contribution in [-0.4, -0.2) is 25.6 Å². The van der Waals surface area contributed by atoms with E-state index >= 15 is 0 Å². The Morgan fingerprint density at radius 1 is 1.27 bits per heavy atom. The first kappa shape index (κ1) is 15.2. The van der Waals surface area contributed by atoms with Crippen LogP contribution in [0.1, 0.15) is 22.9 Å². The molecular weight excluding hydrogens is 333 g/mol. The lowest BCUT2D eigenvalue weighted by Crippen LogP contribution is -2.24. The van der Waals surface area contributed by atoms with Crippen LogP contribution in [0.2, 0.25) is 5.15 Å². The third kappa shape index (κ3) is 2.24. The van der Waals surface area contributed by atoms with Gasteiger partial charge in [0.25, 0.3) is 5.92 Å². The highest BCUT2D eigenvalue weighted by molar-refractivity contribution is 6.29. The Balaban J connectivity index is 2.22. The van der Waals surface area contributed by atoms with E-state index in [1.165, 1.54) is 0 Å². The van der Waals surface area contributed by atoms with Crippen LogP contribution in [0.3, 0.4) is 0 Å². The molecular formula is C12H7ClF5N3O. The molecule has 0 aliphatic heterocycles. The highest BCUT2D eigenvalue weighted by atomic mass is 35.5. The first-order chi connectivity index (χ1) is 10.1. The van der Waals surface area contributed by atoms with Gasteiger partial charge in [-0.15, -0.1) is 0 Å². The van der Waals surface area contributed by atoms with Gasteiger partial charge in [-0.25, -0.2) is 18.7 Å². The predicted molar refractivity (Wildman–Crippen MR) is 65.0 cm³/mol. The van der Waals surface area contributed by atoms with E-state index in [0.717, 1.165) is 17.0 Å². The smallest absolute Gasteiger partial charge is 0.382 e. The summed E-state index contributed by atoms with van der Waals surface area (Å²) in [4.78, 5) is 7.43. The number of rotatable bonds is 1. The zero-order valence-corrected chi connectivity index (χ0v) is 11.3. The summed E-state index contributed by atoms with van der Waals surface area (Å²) in [6.45, 7) is 0. The van der Waals surface area contributed by atoms with E-state index in [-0.39, 0.29) is 16.7 Å². The monoisotopic (exact) mass is 339 g/mol. The van der Waals surface area contributed by atoms with Gasteiger partial charge in [-0.2, -0.15) is 13.2 Å². The van der Waals surface area contributed by atoms with Crippen molar-refractivity contribution < 1.29 is 27.1 Å². The van der Waals surface area contributed by atoms with Gasteiger partial charge in [0.1, 0.15) is 11.3 Å². The van der Waals surface area contributed by atoms with Crippen molar-refractivity contribution in [2.45, 2.75) is 24.6 Å². The summed E-state index contributed by atoms with van der Waals surface area (Å²) >= 11 is 5.54. The topological polar surface area (TPSA) is 50.9 Å². The summed E-state index contributed by atoms with van der Waals surface area (Å²) in [5.41, 5.74) is -2.49. The minimum Gasteiger partial charge on any atom is -0.382 e. The number of nitrogens with zero attached hydrogens (tertiary/aromatic N) is 3. The molecule has 1 aliphatic carbocycles. The largest absolute Gasteiger partial charge is 0.418 e. The van der Waals surface area contributed by atoms with Gasteiger partial charge in [0, 0.05) is 17.5 Å². The van der Waals surface area contributed by atoms with Gasteiger partial charge in [0.2, 0.25) is 0 Å². The Kier molecular flexibility index (Phi) is 3.19. The van der Waals surface area contributed by atoms with Gasteiger partial charge < -0.3 is 9.67 Å². The van der Waals surface area contributed by atoms with Crippen LogP contribution < -0.4 is 0 Å². The highest BCUT2D eigenvalue weighted by Gasteiger charge is 2.53. The minimum absolute atomic E-state index is 0.00830. The predicted octanol–water partition coefficient (Wildman–Crippen LogP) is 3.16. The molecule has 10 heteroatoms. The second-order valence-corrected chi connectivity index (χ2v) is 5.20. The molecule has 0 amide bonds. The van der Waals surface area contributed by atoms with Crippen molar-refractivity contribution in [2.24, 2.45) is 0 Å². The third-order valence-electron chi connectivity index (χ3n) is 3.39. The molecule has 0 bridgehead atoms. The maximum absolute atomic E-state index is 13.6. The number of halogens is 6. The van der Waals surface area contributed by atoms with E-state index in [1.807, 2.05) is 0 Å². The van der Waals surface area contributed by atoms with Crippen molar-refractivity contribution >= 4 is 11.6 Å². The fraction of sp³-hybridized carbons (Fsp3) is 0.333. The zero-order valence-electron chi connectivity index (χ0n) is 10.6. The average molecular weight is 340 g/mol. The zero-order chi connectivity index (χ0) is 16.3. The second kappa shape index (κ2) is 4.63. The number of aromatic nitrogens is 3. The van der Waals surface area contributed by atoms with Gasteiger partial charge >= 0.3 is 6.18 Å². The van der Waals surface area contributed by atoms with Crippen molar-refractivity contribution in [3.8, 4) is 5.82 Å². The van der Waals surface area contributed by atoms with Gasteiger partial charge in [-0.1, -0.05) is 11.6 Å². The molecule has 118 valence electrons. The molecule has 0 saturated heterocycles. The molecule has 0 saturated carbocycles. The van der Waals surface area contributed by atoms with E-state index in [9.17, 15) is 27.1 Å². The molecule has 1 unspecified atom stereocenters. The summed E-state index contributed by atoms with van der Waals surface area (Å²) in [6.07, 6.45) is -5.65. The summed E-state index contributed by atoms with van der Waals surface area (Å²) in [5, 5.41) is 9.55. The van der Waals surface area contributed by atoms with Crippen molar-refractivity contribution in [3.63, 3.8) is 0 Å². The lowest BCUT2D eigenvalue weighted by molar-refractivity contribution is -0.142. The Hall–Kier alpha value is -1.74. The van der Waals surface area contributed by atoms with Gasteiger partial charge in [-0.3, -0.25) is 0 Å². The molecule has 3 rings (SSSR count). The highest BCUT2D eigenvalue weighted by Crippen LogP contribution is 2.49. The van der Waals surface area contributed by atoms with E-state index in [1.54, 1.807) is 0 Å². The molecule has 1 aliphatic rings. The fourth-order valence-electron chi connectivity index (χ4n) is 2.44. The lowest BCUT2D eigenvalue weighted by Gasteiger charge is -2.16. The fourth-order valence-corrected chi connectivity index (χ4v) is 2.54. The van der Waals surface area contributed by atoms with Crippen molar-refractivity contribution in [3.05, 3.63) is 40.6 Å². The number of hydrogen-bond donors (Lipinski definition) is 1. The maximum Gasteiger partial charge on any atom is 0.418 e. The Bertz CT molecular complexity index is 726. The first-order valence-corrected chi connectivity index (χ1v) is 6.34. The molecule has 0 radical (unpaired) electrons. The van der Waals surface area contributed by atoms with Gasteiger partial charge in [0.15, 0.2) is 5.82 Å². The number of aliphatic hydroxyl groups excluding tert-OH is 1. The van der Waals surface area contributed by atoms with Crippen LogP contribution in [0.15, 0.2) is 18.6 Å². The molecule has 4 nitrogen and oxygen atoms in total. The molecule has 2 heterocycles. The molecule has 22 heavy (non-hydrogen) atoms. The maximum atomic E-state index is 13.6. The molecule has 1 atom stereocenters. The number of alkyl halides is 5. The van der Waals surface area contributed by atoms with Gasteiger partial charge in [0.05, 0.1) is 24.4 Å². The van der Waals surface area contributed by atoms with Crippen molar-refractivity contribution in [1.82, 2.24) is 14.5 Å². The third-order valence-corrected chi connectivity index (χ3v) is 3.58. The van der Waals surface area contributed by atoms with E-state index in [2.05, 4.69) is 9.97 Å². The lowest BCUT2D eigenvalue weighted by atomic mass is 10.1. The minimum atomic E-state index is -4.88. The normalized spacial score (nSPS) is 20.2. The summed E-state index contributed by atoms with van der Waals surface area (Å²) in [6, 6.07) is 0. The van der Waals surface area contributed by atoms with Crippen molar-refractivity contribution in [1.29, 1.82) is 0 Å². The van der Waals surface area contributed by atoms with Crippen LogP contribution in [0.25, 0.3) is 5.82 Å². The number of aliphatic hydroxyl groups is 1. The van der Waals surface area contributed by atoms with Crippen LogP contribution in [0.4, 0.5) is 22.0 Å². The van der Waals surface area contributed by atoms with Crippen LogP contribution >= 0.6 is 11.6 Å². The molecule has 0 spiro atoms. The molecule has 0 aromatic carbocycles. The Morgan fingerprint density at radius 3 is 2.50 bits per heavy atom. The van der Waals surface area contributed by atoms with Crippen LogP contribution in [-0.2, 0) is 12.6 Å². The van der Waals surface area contributed by atoms with Crippen LogP contribution in [0.5, 0.6) is 0 Å². The second-order valence-electron chi connectivity index (χ2n) is 4.81. The summed E-state index contributed by atoms with van der Waals surface area (Å²) in [5.74, 6) is -3.77. The average Bonchev–Trinajstić information content (AvgIpc) is 2.86. The summed E-state index contributed by atoms with van der Waals surface area (Å²) < 4.78 is 67.2. The Labute approximate surface area is 125 Å². The Morgan fingerprint density at radius 2 is 1.95 bits per heavy atom. The van der Waals surface area contributed by atoms with Gasteiger partial charge in [-0.05, 0) is 0 Å². The van der Waals surface area contributed by atoms with Crippen LogP contribution in [0, 0.1) is 0 Å². The quantitative estimate of drug-likeness (QED) is 0.812. The summed E-state index contributed by atoms with van der Waals surface area (Å²) in [7, 11) is 0. The van der Waals surface area contributed by atoms with E-state index in [0.29, 0.717) is 6.20 Å². The standard InChI is InChI=1S/C12H7ClF5N3O/c13-7-2-20-8(3-19-7)21-4-5(12(16,17)18)9-6(21)1-11(14,15)10(9)22/h2-4,10,22H,1H2. The molecule has 1 N–H and O–H groups in total. The van der Waals surface area contributed by atoms with Crippen molar-refractivity contribution in [2.75, 3.05) is 0 Å².